The molecular formula is C13H19N3O. The van der Waals surface area contributed by atoms with Gasteiger partial charge in [0.2, 0.25) is 0 Å². The fourth-order valence-electron chi connectivity index (χ4n) is 1.69. The van der Waals surface area contributed by atoms with Crippen LogP contribution in [0, 0.1) is 11.3 Å². The van der Waals surface area contributed by atoms with Gasteiger partial charge in [0, 0.05) is 18.8 Å². The topological polar surface area (TPSA) is 73.3 Å². The number of nitrogens with zero attached hydrogens (tertiary/aromatic N) is 2. The number of rotatable bonds is 6. The Balaban J connectivity index is 2.86. The smallest absolute Gasteiger partial charge is 0.101 e. The molecule has 1 aromatic rings. The molecule has 0 aromatic heterocycles. The largest absolute Gasteiger partial charge is 0.398 e. The van der Waals surface area contributed by atoms with Gasteiger partial charge in [0.05, 0.1) is 17.9 Å². The van der Waals surface area contributed by atoms with Crippen LogP contribution in [-0.2, 0) is 0 Å². The highest BCUT2D eigenvalue weighted by Gasteiger charge is 2.07. The van der Waals surface area contributed by atoms with Crippen molar-refractivity contribution in [2.24, 2.45) is 0 Å². The van der Waals surface area contributed by atoms with Crippen LogP contribution in [0.1, 0.15) is 25.3 Å². The van der Waals surface area contributed by atoms with Gasteiger partial charge in [-0.2, -0.15) is 5.26 Å². The standard InChI is InChI=1S/C13H19N3O/c1-2-3-6-16(7-8-17)12-5-4-11(10-14)13(15)9-12/h4-5,9,17H,2-3,6-8,15H2,1H3. The quantitative estimate of drug-likeness (QED) is 0.734. The number of unbranched alkanes of at least 4 members (excludes halogenated alkanes) is 1. The molecule has 3 N–H and O–H groups in total. The Hall–Kier alpha value is -1.73. The van der Waals surface area contributed by atoms with E-state index < -0.39 is 0 Å². The zero-order chi connectivity index (χ0) is 12.7. The van der Waals surface area contributed by atoms with E-state index in [0.29, 0.717) is 17.8 Å². The number of aliphatic hydroxyl groups excluding tert-OH is 1. The number of aliphatic hydroxyl groups is 1. The lowest BCUT2D eigenvalue weighted by atomic mass is 10.1. The van der Waals surface area contributed by atoms with E-state index in [1.54, 1.807) is 12.1 Å². The molecule has 0 aliphatic heterocycles. The second-order valence-corrected chi connectivity index (χ2v) is 3.95. The first-order chi connectivity index (χ1) is 8.22. The van der Waals surface area contributed by atoms with Crippen LogP contribution in [0.25, 0.3) is 0 Å². The lowest BCUT2D eigenvalue weighted by molar-refractivity contribution is 0.301. The van der Waals surface area contributed by atoms with E-state index in [1.165, 1.54) is 0 Å². The van der Waals surface area contributed by atoms with E-state index in [-0.39, 0.29) is 6.61 Å². The predicted molar refractivity (Wildman–Crippen MR) is 69.8 cm³/mol. The van der Waals surface area contributed by atoms with Gasteiger partial charge in [0.25, 0.3) is 0 Å². The SMILES string of the molecule is CCCCN(CCO)c1ccc(C#N)c(N)c1. The Morgan fingerprint density at radius 2 is 2.18 bits per heavy atom. The van der Waals surface area contributed by atoms with Crippen LogP contribution in [0.4, 0.5) is 11.4 Å². The number of nitrogen functional groups attached to an aromatic ring is 1. The minimum atomic E-state index is 0.115. The molecule has 92 valence electrons. The summed E-state index contributed by atoms with van der Waals surface area (Å²) in [7, 11) is 0. The highest BCUT2D eigenvalue weighted by atomic mass is 16.3. The summed E-state index contributed by atoms with van der Waals surface area (Å²) in [5.41, 5.74) is 7.73. The molecule has 0 saturated heterocycles. The Labute approximate surface area is 102 Å². The Kier molecular flexibility index (Phi) is 5.31. The number of nitrogens with two attached hydrogens (primary N) is 1. The molecule has 0 saturated carbocycles. The van der Waals surface area contributed by atoms with Crippen molar-refractivity contribution in [3.05, 3.63) is 23.8 Å². The molecule has 0 atom stereocenters. The molecular weight excluding hydrogens is 214 g/mol. The summed E-state index contributed by atoms with van der Waals surface area (Å²) in [6.45, 7) is 3.72. The summed E-state index contributed by atoms with van der Waals surface area (Å²) in [4.78, 5) is 2.08. The van der Waals surface area contributed by atoms with Crippen molar-refractivity contribution in [3.63, 3.8) is 0 Å². The maximum atomic E-state index is 9.04. The average molecular weight is 233 g/mol. The first-order valence-electron chi connectivity index (χ1n) is 5.88. The molecule has 0 amide bonds. The number of hydrogen-bond acceptors (Lipinski definition) is 4. The second kappa shape index (κ2) is 6.77. The van der Waals surface area contributed by atoms with Gasteiger partial charge < -0.3 is 15.7 Å². The lowest BCUT2D eigenvalue weighted by Crippen LogP contribution is -2.27. The third-order valence-electron chi connectivity index (χ3n) is 2.67. The first kappa shape index (κ1) is 13.3. The number of benzene rings is 1. The Morgan fingerprint density at radius 3 is 2.71 bits per heavy atom. The van der Waals surface area contributed by atoms with E-state index >= 15 is 0 Å². The maximum Gasteiger partial charge on any atom is 0.101 e. The van der Waals surface area contributed by atoms with E-state index in [4.69, 9.17) is 16.1 Å². The van der Waals surface area contributed by atoms with Gasteiger partial charge in [0.15, 0.2) is 0 Å². The average Bonchev–Trinajstić information content (AvgIpc) is 2.34. The zero-order valence-electron chi connectivity index (χ0n) is 10.2. The van der Waals surface area contributed by atoms with E-state index in [0.717, 1.165) is 25.1 Å². The molecule has 0 aliphatic carbocycles. The molecule has 0 aliphatic rings. The van der Waals surface area contributed by atoms with Gasteiger partial charge in [-0.3, -0.25) is 0 Å². The van der Waals surface area contributed by atoms with Crippen LogP contribution in [-0.4, -0.2) is 24.8 Å². The second-order valence-electron chi connectivity index (χ2n) is 3.95. The van der Waals surface area contributed by atoms with Crippen LogP contribution in [0.5, 0.6) is 0 Å². The van der Waals surface area contributed by atoms with E-state index in [9.17, 15) is 0 Å². The van der Waals surface area contributed by atoms with Crippen LogP contribution in [0.3, 0.4) is 0 Å². The predicted octanol–water partition coefficient (Wildman–Crippen LogP) is 1.74. The van der Waals surface area contributed by atoms with Crippen molar-refractivity contribution in [3.8, 4) is 6.07 Å². The van der Waals surface area contributed by atoms with Crippen molar-refractivity contribution in [1.82, 2.24) is 0 Å². The molecule has 0 radical (unpaired) electrons. The molecule has 0 fully saturated rings. The zero-order valence-corrected chi connectivity index (χ0v) is 10.2. The van der Waals surface area contributed by atoms with Crippen molar-refractivity contribution in [2.45, 2.75) is 19.8 Å². The van der Waals surface area contributed by atoms with Gasteiger partial charge in [-0.25, -0.2) is 0 Å². The summed E-state index contributed by atoms with van der Waals surface area (Å²) in [6, 6.07) is 7.44. The van der Waals surface area contributed by atoms with Gasteiger partial charge in [-0.1, -0.05) is 13.3 Å². The molecule has 0 spiro atoms. The highest BCUT2D eigenvalue weighted by molar-refractivity contribution is 5.63. The van der Waals surface area contributed by atoms with Gasteiger partial charge in [-0.15, -0.1) is 0 Å². The van der Waals surface area contributed by atoms with Crippen molar-refractivity contribution < 1.29 is 5.11 Å². The first-order valence-corrected chi connectivity index (χ1v) is 5.88. The highest BCUT2D eigenvalue weighted by Crippen LogP contribution is 2.21. The summed E-state index contributed by atoms with van der Waals surface area (Å²) >= 11 is 0. The number of anilines is 2. The maximum absolute atomic E-state index is 9.04. The number of nitriles is 1. The normalized spacial score (nSPS) is 9.94. The Morgan fingerprint density at radius 1 is 1.41 bits per heavy atom. The fraction of sp³-hybridized carbons (Fsp3) is 0.462. The van der Waals surface area contributed by atoms with Crippen LogP contribution in [0.15, 0.2) is 18.2 Å². The molecule has 4 nitrogen and oxygen atoms in total. The lowest BCUT2D eigenvalue weighted by Gasteiger charge is -2.24. The third kappa shape index (κ3) is 3.65. The van der Waals surface area contributed by atoms with Gasteiger partial charge in [0.1, 0.15) is 6.07 Å². The summed E-state index contributed by atoms with van der Waals surface area (Å²) in [5.74, 6) is 0. The van der Waals surface area contributed by atoms with Crippen LogP contribution < -0.4 is 10.6 Å². The molecule has 0 bridgehead atoms. The van der Waals surface area contributed by atoms with Crippen molar-refractivity contribution >= 4 is 11.4 Å². The summed E-state index contributed by atoms with van der Waals surface area (Å²) in [6.07, 6.45) is 2.17. The molecule has 0 heterocycles. The third-order valence-corrected chi connectivity index (χ3v) is 2.67. The minimum absolute atomic E-state index is 0.115. The van der Waals surface area contributed by atoms with Crippen LogP contribution >= 0.6 is 0 Å². The van der Waals surface area contributed by atoms with Crippen molar-refractivity contribution in [1.29, 1.82) is 5.26 Å². The fourth-order valence-corrected chi connectivity index (χ4v) is 1.69. The monoisotopic (exact) mass is 233 g/mol. The molecule has 4 heteroatoms. The molecule has 0 unspecified atom stereocenters. The Bertz CT molecular complexity index is 398. The van der Waals surface area contributed by atoms with Gasteiger partial charge >= 0.3 is 0 Å². The summed E-state index contributed by atoms with van der Waals surface area (Å²) in [5, 5.41) is 17.9. The van der Waals surface area contributed by atoms with Gasteiger partial charge in [-0.05, 0) is 24.6 Å². The molecule has 1 rings (SSSR count). The van der Waals surface area contributed by atoms with Crippen molar-refractivity contribution in [2.75, 3.05) is 30.3 Å². The number of hydrogen-bond donors (Lipinski definition) is 2. The van der Waals surface area contributed by atoms with E-state index in [1.807, 2.05) is 12.1 Å². The molecule has 1 aromatic carbocycles. The minimum Gasteiger partial charge on any atom is -0.398 e. The molecule has 17 heavy (non-hydrogen) atoms. The summed E-state index contributed by atoms with van der Waals surface area (Å²) < 4.78 is 0. The van der Waals surface area contributed by atoms with Crippen LogP contribution in [0.2, 0.25) is 0 Å². The van der Waals surface area contributed by atoms with E-state index in [2.05, 4.69) is 11.8 Å².